The van der Waals surface area contributed by atoms with E-state index >= 15 is 0 Å². The number of carbonyl (C=O) groups is 2. The van der Waals surface area contributed by atoms with Crippen molar-refractivity contribution in [2.24, 2.45) is 0 Å². The molecule has 0 atom stereocenters. The third-order valence-electron chi connectivity index (χ3n) is 3.56. The Morgan fingerprint density at radius 1 is 1.21 bits per heavy atom. The van der Waals surface area contributed by atoms with Crippen LogP contribution in [0.1, 0.15) is 37.7 Å². The molecule has 24 heavy (non-hydrogen) atoms. The van der Waals surface area contributed by atoms with Gasteiger partial charge >= 0.3 is 11.9 Å². The summed E-state index contributed by atoms with van der Waals surface area (Å²) in [6.45, 7) is 1.66. The lowest BCUT2D eigenvalue weighted by Gasteiger charge is -2.12. The van der Waals surface area contributed by atoms with Gasteiger partial charge in [0, 0.05) is 6.04 Å². The number of benzene rings is 1. The van der Waals surface area contributed by atoms with Gasteiger partial charge in [-0.3, -0.25) is 0 Å². The van der Waals surface area contributed by atoms with Crippen molar-refractivity contribution < 1.29 is 24.5 Å². The highest BCUT2D eigenvalue weighted by atomic mass is 16.5. The second kappa shape index (κ2) is 11.0. The molecule has 0 saturated heterocycles. The maximum atomic E-state index is 9.10. The lowest BCUT2D eigenvalue weighted by molar-refractivity contribution is -0.159. The number of hydrogen-bond donors (Lipinski definition) is 3. The molecule has 1 aromatic rings. The fraction of sp³-hybridized carbons (Fsp3) is 0.471. The predicted octanol–water partition coefficient (Wildman–Crippen LogP) is 2.01. The van der Waals surface area contributed by atoms with Crippen molar-refractivity contribution in [3.05, 3.63) is 29.8 Å². The van der Waals surface area contributed by atoms with Crippen LogP contribution in [0.15, 0.2) is 24.3 Å². The van der Waals surface area contributed by atoms with Gasteiger partial charge in [0.15, 0.2) is 0 Å². The summed E-state index contributed by atoms with van der Waals surface area (Å²) in [6.07, 6.45) is 6.35. The summed E-state index contributed by atoms with van der Waals surface area (Å²) in [6, 6.07) is 10.2. The molecule has 0 aliphatic heterocycles. The molecule has 0 unspecified atom stereocenters. The SMILES string of the molecule is N#Cc1ccccc1OCCCNC1CCCC1.O=C(O)C(=O)O. The number of carboxylic acid groups (broad SMARTS) is 2. The Bertz CT molecular complexity index is 565. The van der Waals surface area contributed by atoms with E-state index in [0.717, 1.165) is 19.0 Å². The van der Waals surface area contributed by atoms with Crippen LogP contribution in [0.3, 0.4) is 0 Å². The average molecular weight is 334 g/mol. The van der Waals surface area contributed by atoms with Crippen molar-refractivity contribution in [3.8, 4) is 11.8 Å². The monoisotopic (exact) mass is 334 g/mol. The first-order chi connectivity index (χ1) is 11.5. The normalized spacial score (nSPS) is 13.5. The number of nitriles is 1. The van der Waals surface area contributed by atoms with Crippen LogP contribution in [0.2, 0.25) is 0 Å². The third kappa shape index (κ3) is 7.61. The van der Waals surface area contributed by atoms with Crippen LogP contribution in [-0.4, -0.2) is 41.3 Å². The second-order valence-corrected chi connectivity index (χ2v) is 5.36. The van der Waals surface area contributed by atoms with Gasteiger partial charge in [0.25, 0.3) is 0 Å². The van der Waals surface area contributed by atoms with E-state index in [9.17, 15) is 0 Å². The van der Waals surface area contributed by atoms with Crippen molar-refractivity contribution in [2.45, 2.75) is 38.1 Å². The quantitative estimate of drug-likeness (QED) is 0.537. The summed E-state index contributed by atoms with van der Waals surface area (Å²) in [5, 5.41) is 27.3. The zero-order valence-electron chi connectivity index (χ0n) is 13.4. The van der Waals surface area contributed by atoms with Crippen LogP contribution in [0.4, 0.5) is 0 Å². The van der Waals surface area contributed by atoms with E-state index in [4.69, 9.17) is 29.8 Å². The van der Waals surface area contributed by atoms with Crippen molar-refractivity contribution >= 4 is 11.9 Å². The van der Waals surface area contributed by atoms with Crippen LogP contribution in [0, 0.1) is 11.3 Å². The van der Waals surface area contributed by atoms with E-state index in [0.29, 0.717) is 17.9 Å². The molecule has 2 rings (SSSR count). The molecule has 1 aliphatic carbocycles. The number of hydrogen-bond acceptors (Lipinski definition) is 5. The van der Waals surface area contributed by atoms with Crippen LogP contribution in [0.25, 0.3) is 0 Å². The third-order valence-corrected chi connectivity index (χ3v) is 3.56. The molecule has 0 spiro atoms. The molecule has 1 aliphatic rings. The molecule has 7 heteroatoms. The van der Waals surface area contributed by atoms with Gasteiger partial charge in [-0.05, 0) is 37.9 Å². The van der Waals surface area contributed by atoms with Gasteiger partial charge in [0.1, 0.15) is 11.8 Å². The standard InChI is InChI=1S/C15H20N2O.C2H2O4/c16-12-13-6-1-4-9-15(13)18-11-5-10-17-14-7-2-3-8-14;3-1(4)2(5)6/h1,4,6,9,14,17H,2-3,5,7-8,10-11H2;(H,3,4)(H,5,6). The molecule has 0 bridgehead atoms. The lowest BCUT2D eigenvalue weighted by Crippen LogP contribution is -2.27. The summed E-state index contributed by atoms with van der Waals surface area (Å²) in [5.41, 5.74) is 0.612. The Hall–Kier alpha value is -2.59. The highest BCUT2D eigenvalue weighted by Crippen LogP contribution is 2.18. The minimum atomic E-state index is -1.82. The zero-order chi connectivity index (χ0) is 17.8. The molecule has 7 nitrogen and oxygen atoms in total. The molecule has 1 aromatic carbocycles. The van der Waals surface area contributed by atoms with Crippen molar-refractivity contribution in [3.63, 3.8) is 0 Å². The Kier molecular flexibility index (Phi) is 8.94. The Labute approximate surface area is 140 Å². The van der Waals surface area contributed by atoms with Gasteiger partial charge in [0.2, 0.25) is 0 Å². The molecule has 0 aromatic heterocycles. The highest BCUT2D eigenvalue weighted by molar-refractivity contribution is 6.27. The van der Waals surface area contributed by atoms with E-state index in [1.807, 2.05) is 18.2 Å². The average Bonchev–Trinajstić information content (AvgIpc) is 3.09. The molecule has 0 heterocycles. The maximum absolute atomic E-state index is 9.10. The summed E-state index contributed by atoms with van der Waals surface area (Å²) >= 11 is 0. The maximum Gasteiger partial charge on any atom is 0.414 e. The van der Waals surface area contributed by atoms with Gasteiger partial charge in [-0.2, -0.15) is 5.26 Å². The lowest BCUT2D eigenvalue weighted by atomic mass is 10.2. The molecule has 1 saturated carbocycles. The van der Waals surface area contributed by atoms with Gasteiger partial charge in [-0.25, -0.2) is 9.59 Å². The first-order valence-electron chi connectivity index (χ1n) is 7.86. The van der Waals surface area contributed by atoms with E-state index in [2.05, 4.69) is 11.4 Å². The minimum absolute atomic E-state index is 0.612. The molecular weight excluding hydrogens is 312 g/mol. The molecule has 3 N–H and O–H groups in total. The van der Waals surface area contributed by atoms with E-state index in [1.54, 1.807) is 6.07 Å². The molecule has 0 amide bonds. The summed E-state index contributed by atoms with van der Waals surface area (Å²) in [4.78, 5) is 18.2. The molecule has 130 valence electrons. The van der Waals surface area contributed by atoms with Crippen molar-refractivity contribution in [2.75, 3.05) is 13.2 Å². The van der Waals surface area contributed by atoms with Crippen LogP contribution >= 0.6 is 0 Å². The minimum Gasteiger partial charge on any atom is -0.492 e. The second-order valence-electron chi connectivity index (χ2n) is 5.36. The summed E-state index contributed by atoms with van der Waals surface area (Å²) < 4.78 is 5.63. The van der Waals surface area contributed by atoms with Crippen LogP contribution < -0.4 is 10.1 Å². The molecule has 0 radical (unpaired) electrons. The Morgan fingerprint density at radius 3 is 2.42 bits per heavy atom. The first-order valence-corrected chi connectivity index (χ1v) is 7.86. The van der Waals surface area contributed by atoms with Gasteiger partial charge in [-0.1, -0.05) is 25.0 Å². The number of aliphatic carboxylic acids is 2. The van der Waals surface area contributed by atoms with Gasteiger partial charge < -0.3 is 20.3 Å². The number of nitrogens with zero attached hydrogens (tertiary/aromatic N) is 1. The van der Waals surface area contributed by atoms with E-state index in [1.165, 1.54) is 25.7 Å². The smallest absolute Gasteiger partial charge is 0.414 e. The molecule has 1 fully saturated rings. The first kappa shape index (κ1) is 19.5. The van der Waals surface area contributed by atoms with Crippen LogP contribution in [0.5, 0.6) is 5.75 Å². The summed E-state index contributed by atoms with van der Waals surface area (Å²) in [7, 11) is 0. The number of carboxylic acids is 2. The van der Waals surface area contributed by atoms with Crippen molar-refractivity contribution in [1.82, 2.24) is 5.32 Å². The molecular formula is C17H22N2O5. The fourth-order valence-electron chi connectivity index (χ4n) is 2.38. The fourth-order valence-corrected chi connectivity index (χ4v) is 2.38. The largest absolute Gasteiger partial charge is 0.492 e. The Morgan fingerprint density at radius 2 is 1.83 bits per heavy atom. The highest BCUT2D eigenvalue weighted by Gasteiger charge is 2.13. The number of nitrogens with one attached hydrogen (secondary N) is 1. The number of rotatable bonds is 6. The predicted molar refractivity (Wildman–Crippen MR) is 86.8 cm³/mol. The topological polar surface area (TPSA) is 120 Å². The number of ether oxygens (including phenoxy) is 1. The van der Waals surface area contributed by atoms with Gasteiger partial charge in [0.05, 0.1) is 12.2 Å². The van der Waals surface area contributed by atoms with E-state index < -0.39 is 11.9 Å². The van der Waals surface area contributed by atoms with Gasteiger partial charge in [-0.15, -0.1) is 0 Å². The van der Waals surface area contributed by atoms with Crippen LogP contribution in [-0.2, 0) is 9.59 Å². The Balaban J connectivity index is 0.000000413. The summed E-state index contributed by atoms with van der Waals surface area (Å²) in [5.74, 6) is -2.95. The van der Waals surface area contributed by atoms with Crippen molar-refractivity contribution in [1.29, 1.82) is 5.26 Å². The number of para-hydroxylation sites is 1. The zero-order valence-corrected chi connectivity index (χ0v) is 13.4. The van der Waals surface area contributed by atoms with E-state index in [-0.39, 0.29) is 0 Å².